The first-order valence-corrected chi connectivity index (χ1v) is 11.2. The van der Waals surface area contributed by atoms with Crippen LogP contribution in [-0.2, 0) is 15.9 Å². The molecule has 3 aromatic rings. The van der Waals surface area contributed by atoms with Crippen LogP contribution in [0.4, 0.5) is 5.82 Å². The zero-order valence-corrected chi connectivity index (χ0v) is 19.2. The Kier molecular flexibility index (Phi) is 5.43. The van der Waals surface area contributed by atoms with Gasteiger partial charge in [-0.05, 0) is 31.5 Å². The summed E-state index contributed by atoms with van der Waals surface area (Å²) in [6.45, 7) is 7.35. The second kappa shape index (κ2) is 8.26. The number of rotatable bonds is 5. The van der Waals surface area contributed by atoms with Crippen molar-refractivity contribution in [3.8, 4) is 22.8 Å². The minimum Gasteiger partial charge on any atom is -0.493 e. The lowest BCUT2D eigenvalue weighted by atomic mass is 10.0. The van der Waals surface area contributed by atoms with Crippen LogP contribution in [0, 0.1) is 6.92 Å². The molecule has 2 aliphatic heterocycles. The third-order valence-electron chi connectivity index (χ3n) is 6.55. The minimum absolute atomic E-state index is 0.404. The lowest BCUT2D eigenvalue weighted by Gasteiger charge is -2.39. The van der Waals surface area contributed by atoms with Crippen molar-refractivity contribution in [3.05, 3.63) is 35.5 Å². The number of nitrogens with zero attached hydrogens (tertiary/aromatic N) is 4. The van der Waals surface area contributed by atoms with Gasteiger partial charge in [0.1, 0.15) is 5.82 Å². The van der Waals surface area contributed by atoms with Crippen molar-refractivity contribution in [2.75, 3.05) is 45.4 Å². The van der Waals surface area contributed by atoms with Gasteiger partial charge in [-0.2, -0.15) is 9.61 Å². The molecule has 1 spiro atoms. The fraction of sp³-hybridized carbons (Fsp3) is 0.500. The van der Waals surface area contributed by atoms with Crippen molar-refractivity contribution in [3.63, 3.8) is 0 Å². The molecule has 0 saturated carbocycles. The van der Waals surface area contributed by atoms with Crippen LogP contribution in [0.2, 0.25) is 0 Å². The molecular formula is C24H30N4O4. The quantitative estimate of drug-likeness (QED) is 0.602. The van der Waals surface area contributed by atoms with E-state index in [1.54, 1.807) is 14.2 Å². The Balaban J connectivity index is 1.56. The third kappa shape index (κ3) is 3.47. The van der Waals surface area contributed by atoms with Crippen molar-refractivity contribution < 1.29 is 18.9 Å². The fourth-order valence-electron chi connectivity index (χ4n) is 4.86. The number of aryl methyl sites for hydroxylation is 1. The first kappa shape index (κ1) is 21.0. The maximum absolute atomic E-state index is 5.93. The molecule has 2 aromatic heterocycles. The van der Waals surface area contributed by atoms with Gasteiger partial charge in [-0.1, -0.05) is 6.92 Å². The van der Waals surface area contributed by atoms with Gasteiger partial charge in [0.15, 0.2) is 22.9 Å². The van der Waals surface area contributed by atoms with Crippen LogP contribution >= 0.6 is 0 Å². The molecule has 0 unspecified atom stereocenters. The summed E-state index contributed by atoms with van der Waals surface area (Å²) in [6.07, 6.45) is 2.59. The molecule has 0 N–H and O–H groups in total. The number of methoxy groups -OCH3 is 2. The van der Waals surface area contributed by atoms with Crippen LogP contribution in [0.15, 0.2) is 24.3 Å². The second-order valence-electron chi connectivity index (χ2n) is 8.32. The lowest BCUT2D eigenvalue weighted by molar-refractivity contribution is -0.169. The lowest BCUT2D eigenvalue weighted by Crippen LogP contribution is -2.46. The number of anilines is 1. The number of benzene rings is 1. The molecule has 0 aliphatic carbocycles. The zero-order valence-electron chi connectivity index (χ0n) is 19.2. The van der Waals surface area contributed by atoms with Crippen LogP contribution < -0.4 is 14.4 Å². The average Bonchev–Trinajstić information content (AvgIpc) is 3.45. The highest BCUT2D eigenvalue weighted by Crippen LogP contribution is 2.36. The molecule has 5 rings (SSSR count). The van der Waals surface area contributed by atoms with Crippen molar-refractivity contribution >= 4 is 11.5 Å². The molecule has 4 heterocycles. The summed E-state index contributed by atoms with van der Waals surface area (Å²) in [5, 5.41) is 4.98. The van der Waals surface area contributed by atoms with Crippen molar-refractivity contribution in [2.24, 2.45) is 0 Å². The number of aromatic nitrogens is 3. The van der Waals surface area contributed by atoms with E-state index in [1.807, 2.05) is 28.8 Å². The van der Waals surface area contributed by atoms with Gasteiger partial charge < -0.3 is 23.8 Å². The smallest absolute Gasteiger partial charge is 0.171 e. The summed E-state index contributed by atoms with van der Waals surface area (Å²) in [7, 11) is 3.28. The molecule has 8 heteroatoms. The van der Waals surface area contributed by atoms with Crippen molar-refractivity contribution in [1.29, 1.82) is 0 Å². The first-order valence-electron chi connectivity index (χ1n) is 11.2. The Bertz CT molecular complexity index is 1130. The maximum Gasteiger partial charge on any atom is 0.171 e. The molecule has 2 saturated heterocycles. The molecule has 0 amide bonds. The molecule has 0 atom stereocenters. The van der Waals surface area contributed by atoms with E-state index in [0.717, 1.165) is 60.8 Å². The molecule has 0 radical (unpaired) electrons. The minimum atomic E-state index is -0.404. The van der Waals surface area contributed by atoms with E-state index in [2.05, 4.69) is 18.7 Å². The molecule has 170 valence electrons. The number of hydrogen-bond acceptors (Lipinski definition) is 7. The zero-order chi connectivity index (χ0) is 22.3. The van der Waals surface area contributed by atoms with E-state index in [1.165, 1.54) is 5.56 Å². The summed E-state index contributed by atoms with van der Waals surface area (Å²) in [6, 6.07) is 7.88. The molecule has 2 aliphatic rings. The van der Waals surface area contributed by atoms with Gasteiger partial charge in [-0.25, -0.2) is 4.98 Å². The van der Waals surface area contributed by atoms with Gasteiger partial charge in [0.05, 0.1) is 33.1 Å². The van der Waals surface area contributed by atoms with Crippen LogP contribution in [0.5, 0.6) is 11.5 Å². The van der Waals surface area contributed by atoms with E-state index in [4.69, 9.17) is 29.0 Å². The Hall–Kier alpha value is -2.84. The molecule has 8 nitrogen and oxygen atoms in total. The number of ether oxygens (including phenoxy) is 4. The SMILES string of the molecule is CCc1c(C)nc2cc(-c3ccc(OC)c(OC)c3)nn2c1N1CCC2(CC1)OCCO2. The Morgan fingerprint density at radius 2 is 1.75 bits per heavy atom. The summed E-state index contributed by atoms with van der Waals surface area (Å²) in [5.41, 5.74) is 4.92. The standard InChI is InChI=1S/C24H30N4O4/c1-5-18-16(2)25-22-15-19(17-6-7-20(29-3)21(14-17)30-4)26-28(22)23(18)27-10-8-24(9-11-27)31-12-13-32-24/h6-7,14-15H,5,8-13H2,1-4H3. The highest BCUT2D eigenvalue weighted by atomic mass is 16.7. The number of piperidine rings is 1. The highest BCUT2D eigenvalue weighted by Gasteiger charge is 2.40. The van der Waals surface area contributed by atoms with Gasteiger partial charge in [0, 0.05) is 48.8 Å². The van der Waals surface area contributed by atoms with Gasteiger partial charge in [-0.15, -0.1) is 0 Å². The summed E-state index contributed by atoms with van der Waals surface area (Å²) < 4.78 is 24.7. The van der Waals surface area contributed by atoms with Crippen LogP contribution in [0.25, 0.3) is 16.9 Å². The van der Waals surface area contributed by atoms with Crippen molar-refractivity contribution in [1.82, 2.24) is 14.6 Å². The van der Waals surface area contributed by atoms with E-state index in [9.17, 15) is 0 Å². The highest BCUT2D eigenvalue weighted by molar-refractivity contribution is 5.69. The van der Waals surface area contributed by atoms with E-state index in [0.29, 0.717) is 24.7 Å². The summed E-state index contributed by atoms with van der Waals surface area (Å²) in [4.78, 5) is 7.27. The molecule has 2 fully saturated rings. The molecule has 1 aromatic carbocycles. The van der Waals surface area contributed by atoms with Gasteiger partial charge in [0.25, 0.3) is 0 Å². The van der Waals surface area contributed by atoms with Crippen LogP contribution in [0.1, 0.15) is 31.0 Å². The average molecular weight is 439 g/mol. The van der Waals surface area contributed by atoms with E-state index >= 15 is 0 Å². The fourth-order valence-corrected chi connectivity index (χ4v) is 4.86. The predicted octanol–water partition coefficient (Wildman–Crippen LogP) is 3.63. The van der Waals surface area contributed by atoms with Crippen LogP contribution in [-0.4, -0.2) is 60.9 Å². The topological polar surface area (TPSA) is 70.4 Å². The third-order valence-corrected chi connectivity index (χ3v) is 6.55. The Labute approximate surface area is 188 Å². The monoisotopic (exact) mass is 438 g/mol. The number of hydrogen-bond donors (Lipinski definition) is 0. The van der Waals surface area contributed by atoms with Crippen LogP contribution in [0.3, 0.4) is 0 Å². The van der Waals surface area contributed by atoms with Gasteiger partial charge in [0.2, 0.25) is 0 Å². The van der Waals surface area contributed by atoms with E-state index < -0.39 is 5.79 Å². The first-order chi connectivity index (χ1) is 15.6. The Morgan fingerprint density at radius 3 is 2.41 bits per heavy atom. The molecule has 0 bridgehead atoms. The Morgan fingerprint density at radius 1 is 1.03 bits per heavy atom. The second-order valence-corrected chi connectivity index (χ2v) is 8.32. The summed E-state index contributed by atoms with van der Waals surface area (Å²) >= 11 is 0. The van der Waals surface area contributed by atoms with E-state index in [-0.39, 0.29) is 0 Å². The molecule has 32 heavy (non-hydrogen) atoms. The van der Waals surface area contributed by atoms with Gasteiger partial charge >= 0.3 is 0 Å². The summed E-state index contributed by atoms with van der Waals surface area (Å²) in [5.74, 6) is 2.09. The number of fused-ring (bicyclic) bond motifs is 1. The molecular weight excluding hydrogens is 408 g/mol. The normalized spacial score (nSPS) is 17.9. The van der Waals surface area contributed by atoms with Crippen molar-refractivity contribution in [2.45, 2.75) is 38.9 Å². The largest absolute Gasteiger partial charge is 0.493 e. The predicted molar refractivity (Wildman–Crippen MR) is 122 cm³/mol. The van der Waals surface area contributed by atoms with Gasteiger partial charge in [-0.3, -0.25) is 0 Å². The maximum atomic E-state index is 5.93.